The molecule has 7 heteroatoms. The van der Waals surface area contributed by atoms with Crippen LogP contribution in [0.25, 0.3) is 0 Å². The first-order valence-corrected chi connectivity index (χ1v) is 9.24. The van der Waals surface area contributed by atoms with Gasteiger partial charge in [-0.1, -0.05) is 42.4 Å². The fourth-order valence-corrected chi connectivity index (χ4v) is 2.53. The number of nitrogens with zero attached hydrogens (tertiary/aromatic N) is 3. The lowest BCUT2D eigenvalue weighted by atomic mass is 10.2. The van der Waals surface area contributed by atoms with Gasteiger partial charge in [-0.3, -0.25) is 0 Å². The van der Waals surface area contributed by atoms with E-state index in [2.05, 4.69) is 22.4 Å². The zero-order chi connectivity index (χ0) is 19.8. The number of nitrogens with one attached hydrogen (secondary N) is 1. The highest BCUT2D eigenvalue weighted by atomic mass is 16.5. The Balaban J connectivity index is 1.44. The second-order valence-corrected chi connectivity index (χ2v) is 6.36. The maximum atomic E-state index is 12.2. The minimum absolute atomic E-state index is 0.186. The molecule has 0 saturated carbocycles. The van der Waals surface area contributed by atoms with E-state index >= 15 is 0 Å². The van der Waals surface area contributed by atoms with Gasteiger partial charge in [0, 0.05) is 25.7 Å². The van der Waals surface area contributed by atoms with E-state index in [-0.39, 0.29) is 12.6 Å². The standard InChI is InChI=1S/C21H24N4O3/c1-3-16-9-11-18(12-10-16)27-15-20-23-19(24-28-20)13-14-25(2)21(26)22-17-7-5-4-6-8-17/h4-12H,3,13-15H2,1-2H3,(H,22,26). The molecule has 0 spiro atoms. The van der Waals surface area contributed by atoms with Crippen LogP contribution in [0.3, 0.4) is 0 Å². The summed E-state index contributed by atoms with van der Waals surface area (Å²) in [5.74, 6) is 1.71. The third-order valence-corrected chi connectivity index (χ3v) is 4.25. The largest absolute Gasteiger partial charge is 0.484 e. The van der Waals surface area contributed by atoms with E-state index in [0.29, 0.717) is 24.7 Å². The minimum atomic E-state index is -0.186. The van der Waals surface area contributed by atoms with Crippen molar-refractivity contribution in [1.82, 2.24) is 15.0 Å². The van der Waals surface area contributed by atoms with Crippen molar-refractivity contribution < 1.29 is 14.1 Å². The molecule has 3 rings (SSSR count). The molecule has 146 valence electrons. The number of urea groups is 1. The monoisotopic (exact) mass is 380 g/mol. The normalized spacial score (nSPS) is 10.5. The molecule has 1 heterocycles. The van der Waals surface area contributed by atoms with Gasteiger partial charge in [0.05, 0.1) is 0 Å². The van der Waals surface area contributed by atoms with Crippen LogP contribution in [0.4, 0.5) is 10.5 Å². The molecule has 3 aromatic rings. The summed E-state index contributed by atoms with van der Waals surface area (Å²) < 4.78 is 10.9. The number of hydrogen-bond acceptors (Lipinski definition) is 5. The van der Waals surface area contributed by atoms with Crippen LogP contribution in [0.15, 0.2) is 59.1 Å². The highest BCUT2D eigenvalue weighted by Gasteiger charge is 2.12. The summed E-state index contributed by atoms with van der Waals surface area (Å²) in [6, 6.07) is 17.1. The lowest BCUT2D eigenvalue weighted by molar-refractivity contribution is 0.222. The molecule has 0 aliphatic carbocycles. The number of aryl methyl sites for hydroxylation is 1. The van der Waals surface area contributed by atoms with Gasteiger partial charge in [0.15, 0.2) is 12.4 Å². The Labute approximate surface area is 164 Å². The SMILES string of the molecule is CCc1ccc(OCc2nc(CCN(C)C(=O)Nc3ccccc3)no2)cc1. The Hall–Kier alpha value is -3.35. The van der Waals surface area contributed by atoms with E-state index < -0.39 is 0 Å². The first kappa shape index (κ1) is 19.4. The summed E-state index contributed by atoms with van der Waals surface area (Å²) in [6.07, 6.45) is 1.48. The number of carbonyl (C=O) groups is 1. The fourth-order valence-electron chi connectivity index (χ4n) is 2.53. The first-order chi connectivity index (χ1) is 13.6. The fraction of sp³-hybridized carbons (Fsp3) is 0.286. The van der Waals surface area contributed by atoms with Crippen LogP contribution in [-0.2, 0) is 19.4 Å². The summed E-state index contributed by atoms with van der Waals surface area (Å²) in [7, 11) is 1.72. The second-order valence-electron chi connectivity index (χ2n) is 6.36. The van der Waals surface area contributed by atoms with E-state index in [4.69, 9.17) is 9.26 Å². The van der Waals surface area contributed by atoms with Crippen LogP contribution in [0.1, 0.15) is 24.2 Å². The Kier molecular flexibility index (Phi) is 6.62. The van der Waals surface area contributed by atoms with Crippen LogP contribution < -0.4 is 10.1 Å². The van der Waals surface area contributed by atoms with Crippen LogP contribution in [-0.4, -0.2) is 34.7 Å². The number of carbonyl (C=O) groups excluding carboxylic acids is 1. The van der Waals surface area contributed by atoms with Gasteiger partial charge in [-0.2, -0.15) is 4.98 Å². The van der Waals surface area contributed by atoms with Crippen molar-refractivity contribution in [3.63, 3.8) is 0 Å². The summed E-state index contributed by atoms with van der Waals surface area (Å²) in [4.78, 5) is 18.1. The molecule has 0 radical (unpaired) electrons. The number of rotatable bonds is 8. The molecule has 0 bridgehead atoms. The molecule has 0 aliphatic heterocycles. The number of anilines is 1. The quantitative estimate of drug-likeness (QED) is 0.641. The maximum absolute atomic E-state index is 12.2. The Bertz CT molecular complexity index is 878. The topological polar surface area (TPSA) is 80.5 Å². The number of aromatic nitrogens is 2. The van der Waals surface area contributed by atoms with Crippen LogP contribution in [0.5, 0.6) is 5.75 Å². The van der Waals surface area contributed by atoms with Gasteiger partial charge in [-0.05, 0) is 36.2 Å². The number of benzene rings is 2. The number of amides is 2. The highest BCUT2D eigenvalue weighted by Crippen LogP contribution is 2.14. The van der Waals surface area contributed by atoms with Crippen molar-refractivity contribution in [2.45, 2.75) is 26.4 Å². The molecular formula is C21H24N4O3. The van der Waals surface area contributed by atoms with Gasteiger partial charge in [0.2, 0.25) is 0 Å². The van der Waals surface area contributed by atoms with E-state index in [0.717, 1.165) is 17.9 Å². The number of hydrogen-bond donors (Lipinski definition) is 1. The van der Waals surface area contributed by atoms with Crippen molar-refractivity contribution in [3.05, 3.63) is 71.9 Å². The lowest BCUT2D eigenvalue weighted by Crippen LogP contribution is -2.33. The van der Waals surface area contributed by atoms with Crippen molar-refractivity contribution >= 4 is 11.7 Å². The van der Waals surface area contributed by atoms with Crippen LogP contribution in [0.2, 0.25) is 0 Å². The smallest absolute Gasteiger partial charge is 0.321 e. The highest BCUT2D eigenvalue weighted by molar-refractivity contribution is 5.89. The lowest BCUT2D eigenvalue weighted by Gasteiger charge is -2.16. The third kappa shape index (κ3) is 5.57. The van der Waals surface area contributed by atoms with Gasteiger partial charge in [0.1, 0.15) is 5.75 Å². The molecule has 0 aliphatic rings. The average molecular weight is 380 g/mol. The molecule has 2 amide bonds. The average Bonchev–Trinajstić information content (AvgIpc) is 3.19. The molecule has 0 atom stereocenters. The van der Waals surface area contributed by atoms with Crippen molar-refractivity contribution in [1.29, 1.82) is 0 Å². The summed E-state index contributed by atoms with van der Waals surface area (Å²) in [5.41, 5.74) is 2.01. The molecule has 0 fully saturated rings. The van der Waals surface area contributed by atoms with Crippen molar-refractivity contribution in [3.8, 4) is 5.75 Å². The van der Waals surface area contributed by atoms with Gasteiger partial charge in [-0.25, -0.2) is 4.79 Å². The molecule has 28 heavy (non-hydrogen) atoms. The molecule has 7 nitrogen and oxygen atoms in total. The molecule has 1 N–H and O–H groups in total. The van der Waals surface area contributed by atoms with Crippen LogP contribution in [0, 0.1) is 0 Å². The second kappa shape index (κ2) is 9.55. The first-order valence-electron chi connectivity index (χ1n) is 9.24. The summed E-state index contributed by atoms with van der Waals surface area (Å²) >= 11 is 0. The van der Waals surface area contributed by atoms with Crippen molar-refractivity contribution in [2.24, 2.45) is 0 Å². The molecule has 1 aromatic heterocycles. The Morgan fingerprint density at radius 3 is 2.61 bits per heavy atom. The van der Waals surface area contributed by atoms with E-state index in [9.17, 15) is 4.79 Å². The predicted molar refractivity (Wildman–Crippen MR) is 106 cm³/mol. The number of likely N-dealkylation sites (N-methyl/N-ethyl adjacent to an activating group) is 1. The summed E-state index contributed by atoms with van der Waals surface area (Å²) in [5, 5.41) is 6.78. The Morgan fingerprint density at radius 1 is 1.14 bits per heavy atom. The molecule has 0 saturated heterocycles. The predicted octanol–water partition coefficient (Wildman–Crippen LogP) is 3.92. The number of para-hydroxylation sites is 1. The third-order valence-electron chi connectivity index (χ3n) is 4.25. The number of ether oxygens (including phenoxy) is 1. The van der Waals surface area contributed by atoms with E-state index in [1.165, 1.54) is 5.56 Å². The zero-order valence-corrected chi connectivity index (χ0v) is 16.1. The maximum Gasteiger partial charge on any atom is 0.321 e. The van der Waals surface area contributed by atoms with E-state index in [1.807, 2.05) is 54.6 Å². The zero-order valence-electron chi connectivity index (χ0n) is 16.1. The molecular weight excluding hydrogens is 356 g/mol. The van der Waals surface area contributed by atoms with Gasteiger partial charge >= 0.3 is 6.03 Å². The molecule has 0 unspecified atom stereocenters. The molecule has 2 aromatic carbocycles. The minimum Gasteiger partial charge on any atom is -0.484 e. The van der Waals surface area contributed by atoms with E-state index in [1.54, 1.807) is 11.9 Å². The summed E-state index contributed by atoms with van der Waals surface area (Å²) in [6.45, 7) is 2.79. The van der Waals surface area contributed by atoms with Gasteiger partial charge in [0.25, 0.3) is 5.89 Å². The van der Waals surface area contributed by atoms with Gasteiger partial charge < -0.3 is 19.5 Å². The Morgan fingerprint density at radius 2 is 1.89 bits per heavy atom. The van der Waals surface area contributed by atoms with Crippen molar-refractivity contribution in [2.75, 3.05) is 18.9 Å². The van der Waals surface area contributed by atoms with Crippen LogP contribution >= 0.6 is 0 Å². The van der Waals surface area contributed by atoms with Gasteiger partial charge in [-0.15, -0.1) is 0 Å².